The van der Waals surface area contributed by atoms with Gasteiger partial charge in [0.15, 0.2) is 0 Å². The predicted octanol–water partition coefficient (Wildman–Crippen LogP) is 4.72. The fourth-order valence-corrected chi connectivity index (χ4v) is 4.47. The fraction of sp³-hybridized carbons (Fsp3) is 0.308. The summed E-state index contributed by atoms with van der Waals surface area (Å²) < 4.78 is 10.1. The van der Waals surface area contributed by atoms with Gasteiger partial charge in [0.25, 0.3) is 0 Å². The third kappa shape index (κ3) is 4.55. The van der Waals surface area contributed by atoms with Gasteiger partial charge in [-0.3, -0.25) is 4.68 Å². The summed E-state index contributed by atoms with van der Waals surface area (Å²) in [4.78, 5) is 15.6. The molecule has 2 heterocycles. The Hall–Kier alpha value is -4.32. The number of aryl methyl sites for hydroxylation is 1. The lowest BCUT2D eigenvalue weighted by Gasteiger charge is -2.30. The molecule has 178 valence electrons. The third-order valence-electron chi connectivity index (χ3n) is 6.44. The highest BCUT2D eigenvalue weighted by Gasteiger charge is 2.28. The highest BCUT2D eigenvalue weighted by atomic mass is 16.5. The van der Waals surface area contributed by atoms with Crippen molar-refractivity contribution in [2.75, 3.05) is 19.0 Å². The van der Waals surface area contributed by atoms with Gasteiger partial charge in [-0.25, -0.2) is 9.78 Å². The van der Waals surface area contributed by atoms with E-state index in [9.17, 15) is 10.1 Å². The molecule has 1 saturated carbocycles. The van der Waals surface area contributed by atoms with E-state index in [4.69, 9.17) is 4.74 Å². The van der Waals surface area contributed by atoms with E-state index >= 15 is 0 Å². The molecular weight excluding hydrogens is 442 g/mol. The van der Waals surface area contributed by atoms with Crippen LogP contribution >= 0.6 is 0 Å². The molecule has 0 saturated heterocycles. The van der Waals surface area contributed by atoms with Crippen molar-refractivity contribution in [3.05, 3.63) is 60.7 Å². The lowest BCUT2D eigenvalue weighted by molar-refractivity contribution is 0.254. The number of ether oxygens (including phenoxy) is 1. The predicted molar refractivity (Wildman–Crippen MR) is 133 cm³/mol. The molecule has 9 heteroatoms. The molecule has 0 unspecified atom stereocenters. The Morgan fingerprint density at radius 1 is 1.23 bits per heavy atom. The number of fused-ring (bicyclic) bond motifs is 1. The van der Waals surface area contributed by atoms with Crippen LogP contribution < -0.4 is 15.4 Å². The van der Waals surface area contributed by atoms with Gasteiger partial charge in [-0.2, -0.15) is 10.4 Å². The zero-order valence-corrected chi connectivity index (χ0v) is 19.6. The van der Waals surface area contributed by atoms with E-state index in [0.29, 0.717) is 23.9 Å². The second-order valence-electron chi connectivity index (χ2n) is 8.61. The Bertz CT molecular complexity index is 1360. The van der Waals surface area contributed by atoms with Crippen LogP contribution in [0.1, 0.15) is 37.3 Å². The van der Waals surface area contributed by atoms with Crippen LogP contribution in [0.4, 0.5) is 10.5 Å². The maximum atomic E-state index is 11.6. The van der Waals surface area contributed by atoms with E-state index < -0.39 is 0 Å². The van der Waals surface area contributed by atoms with Crippen LogP contribution in [-0.2, 0) is 6.54 Å². The monoisotopic (exact) mass is 469 g/mol. The third-order valence-corrected chi connectivity index (χ3v) is 6.44. The standard InChI is InChI=1S/C26H27N7O2/c1-28-26(34)31-19-8-6-18(7-9-19)25-23(15-27)22-14-21(35-13-3-12-32-17-29-16-30-32)10-11-24(22)33(25)20-4-2-5-20/h6-11,14,16-17,20H,2-5,12-13H2,1H3,(H2,28,31,34). The molecule has 0 atom stereocenters. The number of anilines is 1. The quantitative estimate of drug-likeness (QED) is 0.363. The van der Waals surface area contributed by atoms with Gasteiger partial charge >= 0.3 is 6.03 Å². The molecule has 0 radical (unpaired) electrons. The summed E-state index contributed by atoms with van der Waals surface area (Å²) >= 11 is 0. The van der Waals surface area contributed by atoms with Gasteiger partial charge in [-0.05, 0) is 55.2 Å². The molecule has 9 nitrogen and oxygen atoms in total. The zero-order chi connectivity index (χ0) is 24.2. The van der Waals surface area contributed by atoms with Crippen molar-refractivity contribution in [3.63, 3.8) is 0 Å². The molecule has 2 aromatic heterocycles. The van der Waals surface area contributed by atoms with Crippen molar-refractivity contribution in [1.29, 1.82) is 5.26 Å². The molecular formula is C26H27N7O2. The van der Waals surface area contributed by atoms with Gasteiger partial charge in [-0.15, -0.1) is 0 Å². The summed E-state index contributed by atoms with van der Waals surface area (Å²) in [5.74, 6) is 0.745. The van der Waals surface area contributed by atoms with Crippen LogP contribution in [0, 0.1) is 11.3 Å². The summed E-state index contributed by atoms with van der Waals surface area (Å²) in [6, 6.07) is 16.2. The molecule has 1 fully saturated rings. The summed E-state index contributed by atoms with van der Waals surface area (Å²) in [5.41, 5.74) is 4.25. The van der Waals surface area contributed by atoms with Crippen molar-refractivity contribution in [3.8, 4) is 23.1 Å². The number of nitrogens with zero attached hydrogens (tertiary/aromatic N) is 5. The maximum Gasteiger partial charge on any atom is 0.318 e. The minimum Gasteiger partial charge on any atom is -0.494 e. The number of benzene rings is 2. The van der Waals surface area contributed by atoms with Gasteiger partial charge < -0.3 is 19.9 Å². The Balaban J connectivity index is 1.45. The number of nitrogens with one attached hydrogen (secondary N) is 2. The van der Waals surface area contributed by atoms with Crippen molar-refractivity contribution >= 4 is 22.6 Å². The van der Waals surface area contributed by atoms with Crippen molar-refractivity contribution < 1.29 is 9.53 Å². The molecule has 1 aliphatic carbocycles. The zero-order valence-electron chi connectivity index (χ0n) is 19.6. The summed E-state index contributed by atoms with van der Waals surface area (Å²) in [5, 5.41) is 20.5. The second kappa shape index (κ2) is 9.89. The van der Waals surface area contributed by atoms with Crippen LogP contribution in [0.2, 0.25) is 0 Å². The van der Waals surface area contributed by atoms with E-state index in [-0.39, 0.29) is 6.03 Å². The van der Waals surface area contributed by atoms with E-state index in [1.54, 1.807) is 18.1 Å². The van der Waals surface area contributed by atoms with Crippen molar-refractivity contribution in [1.82, 2.24) is 24.6 Å². The van der Waals surface area contributed by atoms with Crippen LogP contribution in [0.5, 0.6) is 5.75 Å². The van der Waals surface area contributed by atoms with E-state index in [2.05, 4.69) is 37.4 Å². The van der Waals surface area contributed by atoms with E-state index in [0.717, 1.165) is 53.7 Å². The average Bonchev–Trinajstić information content (AvgIpc) is 3.47. The van der Waals surface area contributed by atoms with Crippen molar-refractivity contribution in [2.45, 2.75) is 38.3 Å². The highest BCUT2D eigenvalue weighted by molar-refractivity contribution is 5.96. The van der Waals surface area contributed by atoms with Gasteiger partial charge in [0.1, 0.15) is 24.5 Å². The number of aromatic nitrogens is 4. The van der Waals surface area contributed by atoms with Gasteiger partial charge in [0.05, 0.1) is 23.4 Å². The number of rotatable bonds is 8. The number of nitriles is 1. The molecule has 0 aliphatic heterocycles. The van der Waals surface area contributed by atoms with E-state index in [1.165, 1.54) is 12.7 Å². The minimum absolute atomic E-state index is 0.270. The Morgan fingerprint density at radius 3 is 2.71 bits per heavy atom. The van der Waals surface area contributed by atoms with Gasteiger partial charge in [0.2, 0.25) is 0 Å². The molecule has 1 aliphatic rings. The number of hydrogen-bond donors (Lipinski definition) is 2. The first kappa shape index (κ1) is 22.5. The van der Waals surface area contributed by atoms with Gasteiger partial charge in [-0.1, -0.05) is 12.1 Å². The normalized spacial score (nSPS) is 13.3. The molecule has 5 rings (SSSR count). The van der Waals surface area contributed by atoms with E-state index in [1.807, 2.05) is 36.4 Å². The highest BCUT2D eigenvalue weighted by Crippen LogP contribution is 2.43. The summed E-state index contributed by atoms with van der Waals surface area (Å²) in [6.45, 7) is 1.28. The average molecular weight is 470 g/mol. The number of carbonyl (C=O) groups is 1. The smallest absolute Gasteiger partial charge is 0.318 e. The number of hydrogen-bond acceptors (Lipinski definition) is 5. The lowest BCUT2D eigenvalue weighted by Crippen LogP contribution is -2.24. The van der Waals surface area contributed by atoms with Crippen LogP contribution in [0.25, 0.3) is 22.2 Å². The first-order valence-electron chi connectivity index (χ1n) is 11.8. The summed E-state index contributed by atoms with van der Waals surface area (Å²) in [7, 11) is 1.58. The first-order valence-corrected chi connectivity index (χ1v) is 11.8. The van der Waals surface area contributed by atoms with Crippen LogP contribution in [-0.4, -0.2) is 39.0 Å². The largest absolute Gasteiger partial charge is 0.494 e. The van der Waals surface area contributed by atoms with Gasteiger partial charge in [0, 0.05) is 37.1 Å². The number of carbonyl (C=O) groups excluding carboxylic acids is 1. The van der Waals surface area contributed by atoms with Crippen molar-refractivity contribution in [2.24, 2.45) is 0 Å². The molecule has 2 aromatic carbocycles. The summed E-state index contributed by atoms with van der Waals surface area (Å²) in [6.07, 6.45) is 7.40. The molecule has 35 heavy (non-hydrogen) atoms. The van der Waals surface area contributed by atoms with Crippen LogP contribution in [0.3, 0.4) is 0 Å². The molecule has 4 aromatic rings. The Morgan fingerprint density at radius 2 is 2.06 bits per heavy atom. The number of amides is 2. The lowest BCUT2D eigenvalue weighted by atomic mass is 9.92. The number of urea groups is 1. The Labute approximate surface area is 203 Å². The molecule has 0 spiro atoms. The second-order valence-corrected chi connectivity index (χ2v) is 8.61. The SMILES string of the molecule is CNC(=O)Nc1ccc(-c2c(C#N)c3cc(OCCCn4cncn4)ccc3n2C2CCC2)cc1. The minimum atomic E-state index is -0.270. The molecule has 2 amide bonds. The molecule has 2 N–H and O–H groups in total. The maximum absolute atomic E-state index is 11.6. The van der Waals surface area contributed by atoms with Crippen LogP contribution in [0.15, 0.2) is 55.1 Å². The first-order chi connectivity index (χ1) is 17.2. The molecule has 0 bridgehead atoms. The fourth-order valence-electron chi connectivity index (χ4n) is 4.47. The Kier molecular flexibility index (Phi) is 6.35. The topological polar surface area (TPSA) is 110 Å².